The fourth-order valence-corrected chi connectivity index (χ4v) is 2.75. The number of methoxy groups -OCH3 is 1. The molecule has 0 aliphatic heterocycles. The van der Waals surface area contributed by atoms with Crippen molar-refractivity contribution in [3.05, 3.63) is 47.3 Å². The second-order valence-electron chi connectivity index (χ2n) is 5.37. The van der Waals surface area contributed by atoms with Crippen LogP contribution in [0.3, 0.4) is 0 Å². The normalized spacial score (nSPS) is 10.2. The molecule has 0 saturated heterocycles. The Morgan fingerprint density at radius 1 is 1.00 bits per heavy atom. The van der Waals surface area contributed by atoms with Gasteiger partial charge < -0.3 is 14.2 Å². The quantitative estimate of drug-likeness (QED) is 0.304. The fourth-order valence-electron chi connectivity index (χ4n) is 2.00. The lowest BCUT2D eigenvalue weighted by molar-refractivity contribution is -0.151. The number of nitrogens with zero attached hydrogens (tertiary/aromatic N) is 2. The Balaban J connectivity index is 1.76. The molecule has 0 aliphatic carbocycles. The Bertz CT molecular complexity index is 818. The predicted octanol–water partition coefficient (Wildman–Crippen LogP) is 2.12. The van der Waals surface area contributed by atoms with E-state index in [-0.39, 0.29) is 11.5 Å². The third kappa shape index (κ3) is 6.70. The van der Waals surface area contributed by atoms with Crippen molar-refractivity contribution < 1.29 is 28.6 Å². The van der Waals surface area contributed by atoms with E-state index in [4.69, 9.17) is 9.47 Å². The zero-order chi connectivity index (χ0) is 19.8. The van der Waals surface area contributed by atoms with E-state index in [0.717, 1.165) is 23.1 Å². The van der Waals surface area contributed by atoms with Gasteiger partial charge in [0.05, 0.1) is 18.4 Å². The van der Waals surface area contributed by atoms with Gasteiger partial charge in [-0.1, -0.05) is 11.8 Å². The molecule has 0 bridgehead atoms. The summed E-state index contributed by atoms with van der Waals surface area (Å²) >= 11 is 1.13. The highest BCUT2D eigenvalue weighted by molar-refractivity contribution is 7.99. The minimum Gasteiger partial charge on any atom is -0.465 e. The maximum absolute atomic E-state index is 11.7. The van der Waals surface area contributed by atoms with Gasteiger partial charge in [-0.2, -0.15) is 0 Å². The average Bonchev–Trinajstić information content (AvgIpc) is 2.64. The largest absolute Gasteiger partial charge is 0.465 e. The third-order valence-electron chi connectivity index (χ3n) is 3.14. The van der Waals surface area contributed by atoms with Crippen molar-refractivity contribution in [3.63, 3.8) is 0 Å². The van der Waals surface area contributed by atoms with E-state index in [2.05, 4.69) is 14.7 Å². The first kappa shape index (κ1) is 20.4. The lowest BCUT2D eigenvalue weighted by atomic mass is 10.2. The summed E-state index contributed by atoms with van der Waals surface area (Å²) in [5.74, 6) is -1.61. The zero-order valence-electron chi connectivity index (χ0n) is 15.1. The predicted molar refractivity (Wildman–Crippen MR) is 96.6 cm³/mol. The van der Waals surface area contributed by atoms with Crippen LogP contribution < -0.4 is 4.74 Å². The first-order valence-corrected chi connectivity index (χ1v) is 8.85. The standard InChI is InChI=1S/C18H18N2O6S/c1-11-8-12(2)20-18(19-11)27-10-16(22)25-9-15(21)26-14-6-4-13(5-7-14)17(23)24-3/h4-8H,9-10H2,1-3H3. The van der Waals surface area contributed by atoms with E-state index < -0.39 is 24.5 Å². The Morgan fingerprint density at radius 2 is 1.63 bits per heavy atom. The fraction of sp³-hybridized carbons (Fsp3) is 0.278. The first-order valence-electron chi connectivity index (χ1n) is 7.87. The Labute approximate surface area is 160 Å². The third-order valence-corrected chi connectivity index (χ3v) is 3.96. The van der Waals surface area contributed by atoms with Crippen LogP contribution in [0.1, 0.15) is 21.7 Å². The Hall–Kier alpha value is -2.94. The SMILES string of the molecule is COC(=O)c1ccc(OC(=O)COC(=O)CSc2nc(C)cc(C)n2)cc1. The highest BCUT2D eigenvalue weighted by Gasteiger charge is 2.12. The van der Waals surface area contributed by atoms with Crippen molar-refractivity contribution in [2.24, 2.45) is 0 Å². The second-order valence-corrected chi connectivity index (χ2v) is 6.32. The Morgan fingerprint density at radius 3 is 2.22 bits per heavy atom. The number of esters is 3. The smallest absolute Gasteiger partial charge is 0.349 e. The number of aryl methyl sites for hydroxylation is 2. The number of ether oxygens (including phenoxy) is 3. The molecule has 0 unspecified atom stereocenters. The molecule has 0 amide bonds. The molecule has 2 rings (SSSR count). The lowest BCUT2D eigenvalue weighted by Crippen LogP contribution is -2.19. The van der Waals surface area contributed by atoms with Crippen LogP contribution in [0.4, 0.5) is 0 Å². The van der Waals surface area contributed by atoms with Crippen LogP contribution in [0.25, 0.3) is 0 Å². The summed E-state index contributed by atoms with van der Waals surface area (Å²) in [5.41, 5.74) is 1.94. The highest BCUT2D eigenvalue weighted by Crippen LogP contribution is 2.15. The molecule has 0 spiro atoms. The van der Waals surface area contributed by atoms with Gasteiger partial charge in [-0.25, -0.2) is 19.6 Å². The number of rotatable bonds is 7. The molecular formula is C18H18N2O6S. The van der Waals surface area contributed by atoms with Crippen molar-refractivity contribution in [2.45, 2.75) is 19.0 Å². The van der Waals surface area contributed by atoms with E-state index in [0.29, 0.717) is 10.7 Å². The van der Waals surface area contributed by atoms with Crippen LogP contribution in [0.2, 0.25) is 0 Å². The molecule has 1 aromatic heterocycles. The van der Waals surface area contributed by atoms with Gasteiger partial charge >= 0.3 is 17.9 Å². The van der Waals surface area contributed by atoms with E-state index >= 15 is 0 Å². The van der Waals surface area contributed by atoms with Crippen molar-refractivity contribution in [3.8, 4) is 5.75 Å². The molecule has 0 N–H and O–H groups in total. The molecule has 8 nitrogen and oxygen atoms in total. The molecule has 142 valence electrons. The second kappa shape index (κ2) is 9.67. The van der Waals surface area contributed by atoms with E-state index in [1.54, 1.807) is 0 Å². The number of thioether (sulfide) groups is 1. The van der Waals surface area contributed by atoms with Crippen molar-refractivity contribution >= 4 is 29.7 Å². The van der Waals surface area contributed by atoms with Gasteiger partial charge in [0.2, 0.25) is 0 Å². The summed E-state index contributed by atoms with van der Waals surface area (Å²) in [7, 11) is 1.27. The summed E-state index contributed by atoms with van der Waals surface area (Å²) in [6.07, 6.45) is 0. The monoisotopic (exact) mass is 390 g/mol. The van der Waals surface area contributed by atoms with Crippen LogP contribution in [-0.4, -0.2) is 47.3 Å². The van der Waals surface area contributed by atoms with E-state index in [1.165, 1.54) is 31.4 Å². The topological polar surface area (TPSA) is 105 Å². The number of carbonyl (C=O) groups excluding carboxylic acids is 3. The maximum atomic E-state index is 11.7. The molecule has 0 atom stereocenters. The van der Waals surface area contributed by atoms with Crippen LogP contribution in [0.5, 0.6) is 5.75 Å². The molecule has 1 heterocycles. The molecule has 0 aliphatic rings. The van der Waals surface area contributed by atoms with Crippen molar-refractivity contribution in [1.82, 2.24) is 9.97 Å². The van der Waals surface area contributed by atoms with Crippen LogP contribution in [0, 0.1) is 13.8 Å². The summed E-state index contributed by atoms with van der Waals surface area (Å²) in [6, 6.07) is 7.64. The molecule has 0 fully saturated rings. The van der Waals surface area contributed by atoms with Crippen LogP contribution >= 0.6 is 11.8 Å². The van der Waals surface area contributed by atoms with Gasteiger partial charge in [0, 0.05) is 11.4 Å². The maximum Gasteiger partial charge on any atom is 0.349 e. The minimum atomic E-state index is -0.734. The molecular weight excluding hydrogens is 372 g/mol. The average molecular weight is 390 g/mol. The first-order chi connectivity index (χ1) is 12.9. The van der Waals surface area contributed by atoms with E-state index in [1.807, 2.05) is 19.9 Å². The minimum absolute atomic E-state index is 0.0238. The van der Waals surface area contributed by atoms with Gasteiger partial charge in [-0.15, -0.1) is 0 Å². The molecule has 0 radical (unpaired) electrons. The summed E-state index contributed by atoms with van der Waals surface area (Å²) in [4.78, 5) is 43.2. The number of benzene rings is 1. The Kier molecular flexibility index (Phi) is 7.30. The summed E-state index contributed by atoms with van der Waals surface area (Å²) < 4.78 is 14.5. The molecule has 9 heteroatoms. The van der Waals surface area contributed by atoms with E-state index in [9.17, 15) is 14.4 Å². The van der Waals surface area contributed by atoms with Crippen LogP contribution in [0.15, 0.2) is 35.5 Å². The molecule has 2 aromatic rings. The lowest BCUT2D eigenvalue weighted by Gasteiger charge is -2.06. The summed E-state index contributed by atoms with van der Waals surface area (Å²) in [5, 5.41) is 0.470. The van der Waals surface area contributed by atoms with Gasteiger partial charge in [0.15, 0.2) is 11.8 Å². The summed E-state index contributed by atoms with van der Waals surface area (Å²) in [6.45, 7) is 3.15. The number of aromatic nitrogens is 2. The highest BCUT2D eigenvalue weighted by atomic mass is 32.2. The number of carbonyl (C=O) groups is 3. The van der Waals surface area contributed by atoms with Gasteiger partial charge in [-0.3, -0.25) is 4.79 Å². The zero-order valence-corrected chi connectivity index (χ0v) is 15.9. The number of hydrogen-bond donors (Lipinski definition) is 0. The molecule has 0 saturated carbocycles. The van der Waals surface area contributed by atoms with Gasteiger partial charge in [0.25, 0.3) is 0 Å². The van der Waals surface area contributed by atoms with Gasteiger partial charge in [-0.05, 0) is 44.2 Å². The molecule has 27 heavy (non-hydrogen) atoms. The molecule has 1 aromatic carbocycles. The van der Waals surface area contributed by atoms with Crippen molar-refractivity contribution in [2.75, 3.05) is 19.5 Å². The number of hydrogen-bond acceptors (Lipinski definition) is 9. The van der Waals surface area contributed by atoms with Crippen molar-refractivity contribution in [1.29, 1.82) is 0 Å². The van der Waals surface area contributed by atoms with Crippen LogP contribution in [-0.2, 0) is 19.1 Å². The van der Waals surface area contributed by atoms with Gasteiger partial charge in [0.1, 0.15) is 5.75 Å².